The molecule has 3 N–H and O–H groups in total. The highest BCUT2D eigenvalue weighted by Crippen LogP contribution is 2.47. The van der Waals surface area contributed by atoms with E-state index in [0.717, 1.165) is 25.1 Å². The lowest BCUT2D eigenvalue weighted by molar-refractivity contribution is -0.571. The number of nitriles is 1. The van der Waals surface area contributed by atoms with Crippen LogP contribution in [0.4, 0.5) is 11.4 Å². The van der Waals surface area contributed by atoms with Crippen LogP contribution in [0.25, 0.3) is 0 Å². The van der Waals surface area contributed by atoms with Crippen LogP contribution in [0.2, 0.25) is 0 Å². The summed E-state index contributed by atoms with van der Waals surface area (Å²) < 4.78 is 0. The van der Waals surface area contributed by atoms with E-state index in [0.29, 0.717) is 12.1 Å². The number of nitrogens with two attached hydrogens (primary N) is 1. The van der Waals surface area contributed by atoms with Gasteiger partial charge in [-0.1, -0.05) is 90.9 Å². The van der Waals surface area contributed by atoms with Gasteiger partial charge >= 0.3 is 5.97 Å². The zero-order chi connectivity index (χ0) is 29.1. The smallest absolute Gasteiger partial charge is 0.309 e. The first kappa shape index (κ1) is 31.6. The number of para-hydroxylation sites is 2. The molecule has 208 valence electrons. The number of aliphatic carboxylic acids is 1. The van der Waals surface area contributed by atoms with Crippen molar-refractivity contribution in [2.45, 2.75) is 78.6 Å². The Balaban J connectivity index is 0.00000260. The van der Waals surface area contributed by atoms with Crippen molar-refractivity contribution in [2.24, 2.45) is 0 Å². The largest absolute Gasteiger partial charge is 0.481 e. The molecule has 2 aromatic rings. The van der Waals surface area contributed by atoms with Gasteiger partial charge in [-0.25, -0.2) is 0 Å². The van der Waals surface area contributed by atoms with Gasteiger partial charge in [0.25, 0.3) is 0 Å². The molecule has 39 heavy (non-hydrogen) atoms. The fraction of sp³-hybridized carbons (Fsp3) is 0.412. The summed E-state index contributed by atoms with van der Waals surface area (Å²) in [5, 5.41) is 20.8. The van der Waals surface area contributed by atoms with Crippen LogP contribution in [-0.4, -0.2) is 24.2 Å². The van der Waals surface area contributed by atoms with Crippen LogP contribution >= 0.6 is 0 Å². The monoisotopic (exact) mass is 528 g/mol. The number of anilines is 1. The van der Waals surface area contributed by atoms with Gasteiger partial charge in [-0.3, -0.25) is 4.79 Å². The van der Waals surface area contributed by atoms with Crippen molar-refractivity contribution in [3.63, 3.8) is 0 Å². The third-order valence-electron chi connectivity index (χ3n) is 7.13. The molecule has 0 saturated heterocycles. The summed E-state index contributed by atoms with van der Waals surface area (Å²) in [7, 11) is 0. The Morgan fingerprint density at radius 3 is 2.46 bits per heavy atom. The number of quaternary nitrogens is 1. The Bertz CT molecular complexity index is 1250. The van der Waals surface area contributed by atoms with Gasteiger partial charge in [0.1, 0.15) is 5.69 Å². The first-order valence-corrected chi connectivity index (χ1v) is 14.1. The molecule has 3 rings (SSSR count). The van der Waals surface area contributed by atoms with E-state index in [2.05, 4.69) is 88.1 Å². The number of fused-ring (bicyclic) bond motifs is 1. The van der Waals surface area contributed by atoms with E-state index in [1.807, 2.05) is 49.5 Å². The highest BCUT2D eigenvalue weighted by atomic mass is 16.4. The lowest BCUT2D eigenvalue weighted by Crippen LogP contribution is -2.79. The number of hydrogen-bond donors (Lipinski definition) is 2. The number of hydrogen-bond acceptors (Lipinski definition) is 3. The maximum absolute atomic E-state index is 10.9. The van der Waals surface area contributed by atoms with Gasteiger partial charge in [0, 0.05) is 28.9 Å². The Kier molecular flexibility index (Phi) is 11.8. The van der Waals surface area contributed by atoms with Crippen molar-refractivity contribution in [3.05, 3.63) is 95.2 Å². The van der Waals surface area contributed by atoms with Crippen molar-refractivity contribution in [1.29, 1.82) is 5.26 Å². The predicted octanol–water partition coefficient (Wildman–Crippen LogP) is 7.15. The highest BCUT2D eigenvalue weighted by Gasteiger charge is 2.39. The van der Waals surface area contributed by atoms with Gasteiger partial charge < -0.3 is 15.3 Å². The molecule has 0 aliphatic carbocycles. The Hall–Kier alpha value is -3.62. The number of carboxylic acids is 1. The van der Waals surface area contributed by atoms with E-state index < -0.39 is 5.97 Å². The topological polar surface area (TPSA) is 80.9 Å². The Morgan fingerprint density at radius 2 is 1.79 bits per heavy atom. The summed E-state index contributed by atoms with van der Waals surface area (Å²) in [5.74, 6) is -0.788. The number of nitrogens with zero attached hydrogens (tertiary/aromatic N) is 2. The first-order valence-electron chi connectivity index (χ1n) is 14.1. The van der Waals surface area contributed by atoms with Crippen molar-refractivity contribution in [1.82, 2.24) is 0 Å². The Labute approximate surface area is 235 Å². The molecule has 0 amide bonds. The summed E-state index contributed by atoms with van der Waals surface area (Å²) in [5.41, 5.74) is 6.35. The van der Waals surface area contributed by atoms with E-state index in [1.165, 1.54) is 22.5 Å². The molecule has 0 saturated carbocycles. The third-order valence-corrected chi connectivity index (χ3v) is 7.13. The molecule has 0 unspecified atom stereocenters. The predicted molar refractivity (Wildman–Crippen MR) is 162 cm³/mol. The van der Waals surface area contributed by atoms with Gasteiger partial charge in [-0.05, 0) is 54.2 Å². The molecule has 1 aliphatic rings. The van der Waals surface area contributed by atoms with E-state index >= 15 is 0 Å². The summed E-state index contributed by atoms with van der Waals surface area (Å²) in [6.45, 7) is 16.5. The van der Waals surface area contributed by atoms with Crippen LogP contribution < -0.4 is 10.2 Å². The first-order chi connectivity index (χ1) is 18.6. The van der Waals surface area contributed by atoms with Crippen molar-refractivity contribution >= 4 is 17.3 Å². The van der Waals surface area contributed by atoms with Gasteiger partial charge in [-0.2, -0.15) is 5.26 Å². The number of carboxylic acid groups (broad SMARTS) is 1. The summed E-state index contributed by atoms with van der Waals surface area (Å²) >= 11 is 0. The summed E-state index contributed by atoms with van der Waals surface area (Å²) in [6.07, 6.45) is 9.94. The molecule has 0 atom stereocenters. The van der Waals surface area contributed by atoms with Gasteiger partial charge in [0.2, 0.25) is 0 Å². The molecular weight excluding hydrogens is 482 g/mol. The molecule has 0 radical (unpaired) electrons. The lowest BCUT2D eigenvalue weighted by atomic mass is 9.80. The average Bonchev–Trinajstić information content (AvgIpc) is 3.13. The lowest BCUT2D eigenvalue weighted by Gasteiger charge is -2.26. The van der Waals surface area contributed by atoms with Crippen LogP contribution in [0.15, 0.2) is 84.1 Å². The van der Waals surface area contributed by atoms with E-state index in [-0.39, 0.29) is 17.3 Å². The minimum atomic E-state index is -0.788. The van der Waals surface area contributed by atoms with Crippen LogP contribution in [0.1, 0.15) is 78.9 Å². The van der Waals surface area contributed by atoms with E-state index in [9.17, 15) is 10.1 Å². The summed E-state index contributed by atoms with van der Waals surface area (Å²) in [4.78, 5) is 13.3. The van der Waals surface area contributed by atoms with E-state index in [4.69, 9.17) is 5.11 Å². The van der Waals surface area contributed by atoms with Crippen LogP contribution in [0.3, 0.4) is 0 Å². The SMILES string of the molecule is CC.CCCN1/C(=C/C=C(C#N)/C=C/CC(C)(C)c2ccccc2[NH2+]CCC(=O)O)C(C)(C)c2ccccc21. The average molecular weight is 529 g/mol. The molecule has 0 bridgehead atoms. The van der Waals surface area contributed by atoms with Gasteiger partial charge in [0.05, 0.1) is 24.6 Å². The number of allylic oxidation sites excluding steroid dienone is 6. The van der Waals surface area contributed by atoms with Crippen LogP contribution in [0, 0.1) is 11.3 Å². The second-order valence-corrected chi connectivity index (χ2v) is 10.8. The zero-order valence-electron chi connectivity index (χ0n) is 24.8. The molecule has 5 heteroatoms. The highest BCUT2D eigenvalue weighted by molar-refractivity contribution is 5.71. The number of rotatable bonds is 11. The van der Waals surface area contributed by atoms with Crippen LogP contribution in [-0.2, 0) is 15.6 Å². The van der Waals surface area contributed by atoms with Crippen LogP contribution in [0.5, 0.6) is 0 Å². The van der Waals surface area contributed by atoms with Gasteiger partial charge in [0.15, 0.2) is 0 Å². The Morgan fingerprint density at radius 1 is 1.13 bits per heavy atom. The van der Waals surface area contributed by atoms with Crippen molar-refractivity contribution in [3.8, 4) is 6.07 Å². The molecule has 0 fully saturated rings. The van der Waals surface area contributed by atoms with Gasteiger partial charge in [-0.15, -0.1) is 0 Å². The van der Waals surface area contributed by atoms with Crippen molar-refractivity contribution in [2.75, 3.05) is 18.0 Å². The zero-order valence-corrected chi connectivity index (χ0v) is 24.8. The molecule has 1 aliphatic heterocycles. The molecular formula is C34H46N3O2+. The van der Waals surface area contributed by atoms with E-state index in [1.54, 1.807) is 0 Å². The second-order valence-electron chi connectivity index (χ2n) is 10.8. The minimum absolute atomic E-state index is 0.123. The second kappa shape index (κ2) is 14.5. The fourth-order valence-corrected chi connectivity index (χ4v) is 5.14. The molecule has 2 aromatic carbocycles. The maximum atomic E-state index is 10.9. The molecule has 0 spiro atoms. The molecule has 1 heterocycles. The number of benzene rings is 2. The number of carbonyl (C=O) groups is 1. The van der Waals surface area contributed by atoms with Crippen molar-refractivity contribution < 1.29 is 15.2 Å². The fourth-order valence-electron chi connectivity index (χ4n) is 5.14. The third kappa shape index (κ3) is 7.94. The standard InChI is InChI=1S/C32H39N3O2.C2H6/c1-6-22-35-28-16-10-8-14-26(28)32(4,5)29(35)18-17-24(23-33)12-11-20-31(2,3)25-13-7-9-15-27(25)34-21-19-30(36)37;1-2/h7-18,34H,6,19-22H2,1-5H3,(H,36,37);1-2H3/p+1/b12-11+,24-17-,29-18+;. The quantitative estimate of drug-likeness (QED) is 0.184. The minimum Gasteiger partial charge on any atom is -0.481 e. The molecule has 0 aromatic heterocycles. The summed E-state index contributed by atoms with van der Waals surface area (Å²) in [6, 6.07) is 19.1. The maximum Gasteiger partial charge on any atom is 0.309 e. The normalized spacial score (nSPS) is 15.6. The molecule has 5 nitrogen and oxygen atoms in total.